The summed E-state index contributed by atoms with van der Waals surface area (Å²) in [4.78, 5) is 31.7. The van der Waals surface area contributed by atoms with Gasteiger partial charge in [-0.2, -0.15) is 5.10 Å². The first-order valence-electron chi connectivity index (χ1n) is 6.89. The first kappa shape index (κ1) is 17.5. The highest BCUT2D eigenvalue weighted by atomic mass is 16.6. The molecule has 0 heterocycles. The Labute approximate surface area is 141 Å². The molecule has 0 aliphatic rings. The predicted octanol–water partition coefficient (Wildman–Crippen LogP) is 2.03. The monoisotopic (exact) mass is 344 g/mol. The second kappa shape index (κ2) is 8.15. The van der Waals surface area contributed by atoms with Crippen molar-refractivity contribution in [3.63, 3.8) is 0 Å². The molecule has 0 unspecified atom stereocenters. The summed E-state index contributed by atoms with van der Waals surface area (Å²) in [6.07, 6.45) is 1.31. The highest BCUT2D eigenvalue weighted by Gasteiger charge is 2.08. The van der Waals surface area contributed by atoms with Crippen LogP contribution >= 0.6 is 0 Å². The molecule has 2 aromatic rings. The molecular formula is C15H12N4O6. The SMILES string of the molecule is O=C(COc1cccc([N+](=O)[O-])c1)NN=Cc1ccc([N+](=O)[O-])cc1. The van der Waals surface area contributed by atoms with E-state index in [1.54, 1.807) is 0 Å². The van der Waals surface area contributed by atoms with Gasteiger partial charge < -0.3 is 4.74 Å². The molecule has 0 fully saturated rings. The molecule has 10 heteroatoms. The van der Waals surface area contributed by atoms with Gasteiger partial charge in [0.25, 0.3) is 17.3 Å². The lowest BCUT2D eigenvalue weighted by Crippen LogP contribution is -2.24. The molecule has 1 N–H and O–H groups in total. The highest BCUT2D eigenvalue weighted by Crippen LogP contribution is 2.18. The van der Waals surface area contributed by atoms with Gasteiger partial charge in [-0.15, -0.1) is 0 Å². The Kier molecular flexibility index (Phi) is 5.72. The molecule has 0 saturated carbocycles. The lowest BCUT2D eigenvalue weighted by Gasteiger charge is -2.04. The minimum Gasteiger partial charge on any atom is -0.483 e. The maximum Gasteiger partial charge on any atom is 0.277 e. The van der Waals surface area contributed by atoms with Crippen molar-refractivity contribution in [3.05, 3.63) is 74.3 Å². The van der Waals surface area contributed by atoms with E-state index >= 15 is 0 Å². The van der Waals surface area contributed by atoms with Gasteiger partial charge in [0.15, 0.2) is 6.61 Å². The summed E-state index contributed by atoms with van der Waals surface area (Å²) in [7, 11) is 0. The molecule has 128 valence electrons. The summed E-state index contributed by atoms with van der Waals surface area (Å²) >= 11 is 0. The van der Waals surface area contributed by atoms with Gasteiger partial charge >= 0.3 is 0 Å². The summed E-state index contributed by atoms with van der Waals surface area (Å²) in [5.74, 6) is -0.381. The van der Waals surface area contributed by atoms with Crippen LogP contribution < -0.4 is 10.2 Å². The summed E-state index contributed by atoms with van der Waals surface area (Å²) < 4.78 is 5.14. The fraction of sp³-hybridized carbons (Fsp3) is 0.0667. The molecule has 0 aliphatic heterocycles. The summed E-state index contributed by atoms with van der Waals surface area (Å²) in [6, 6.07) is 11.0. The number of amides is 1. The number of ether oxygens (including phenoxy) is 1. The van der Waals surface area contributed by atoms with Gasteiger partial charge in [-0.05, 0) is 23.8 Å². The van der Waals surface area contributed by atoms with Gasteiger partial charge in [0.2, 0.25) is 0 Å². The average molecular weight is 344 g/mol. The van der Waals surface area contributed by atoms with Crippen molar-refractivity contribution in [2.24, 2.45) is 5.10 Å². The molecule has 0 radical (unpaired) electrons. The van der Waals surface area contributed by atoms with Gasteiger partial charge in [-0.25, -0.2) is 5.43 Å². The number of hydrogen-bond acceptors (Lipinski definition) is 7. The lowest BCUT2D eigenvalue weighted by molar-refractivity contribution is -0.385. The highest BCUT2D eigenvalue weighted by molar-refractivity contribution is 5.83. The number of carbonyl (C=O) groups is 1. The van der Waals surface area contributed by atoms with E-state index in [0.29, 0.717) is 5.56 Å². The molecule has 0 spiro atoms. The Hall–Kier alpha value is -3.82. The van der Waals surface area contributed by atoms with Crippen molar-refractivity contribution >= 4 is 23.5 Å². The van der Waals surface area contributed by atoms with Crippen LogP contribution in [0.2, 0.25) is 0 Å². The van der Waals surface area contributed by atoms with Crippen LogP contribution in [0.15, 0.2) is 53.6 Å². The molecular weight excluding hydrogens is 332 g/mol. The molecule has 2 aromatic carbocycles. The van der Waals surface area contributed by atoms with Gasteiger partial charge in [0.05, 0.1) is 22.1 Å². The standard InChI is InChI=1S/C15H12N4O6/c20-15(10-25-14-3-1-2-13(8-14)19(23)24)17-16-9-11-4-6-12(7-5-11)18(21)22/h1-9H,10H2,(H,17,20). The van der Waals surface area contributed by atoms with Crippen LogP contribution in [0.3, 0.4) is 0 Å². The zero-order valence-corrected chi connectivity index (χ0v) is 12.7. The van der Waals surface area contributed by atoms with E-state index in [9.17, 15) is 25.0 Å². The number of non-ortho nitro benzene ring substituents is 2. The van der Waals surface area contributed by atoms with Gasteiger partial charge in [-0.1, -0.05) is 6.07 Å². The van der Waals surface area contributed by atoms with E-state index in [4.69, 9.17) is 4.74 Å². The summed E-state index contributed by atoms with van der Waals surface area (Å²) in [5.41, 5.74) is 2.58. The Morgan fingerprint density at radius 2 is 1.76 bits per heavy atom. The Morgan fingerprint density at radius 3 is 2.40 bits per heavy atom. The van der Waals surface area contributed by atoms with E-state index in [1.807, 2.05) is 0 Å². The molecule has 10 nitrogen and oxygen atoms in total. The summed E-state index contributed by atoms with van der Waals surface area (Å²) in [6.45, 7) is -0.376. The number of nitrogens with zero attached hydrogens (tertiary/aromatic N) is 3. The van der Waals surface area contributed by atoms with E-state index in [-0.39, 0.29) is 23.7 Å². The van der Waals surface area contributed by atoms with Gasteiger partial charge in [-0.3, -0.25) is 25.0 Å². The molecule has 0 aromatic heterocycles. The second-order valence-corrected chi connectivity index (χ2v) is 4.68. The minimum atomic E-state index is -0.568. The van der Waals surface area contributed by atoms with Crippen LogP contribution in [0, 0.1) is 20.2 Å². The molecule has 2 rings (SSSR count). The van der Waals surface area contributed by atoms with Crippen molar-refractivity contribution in [1.29, 1.82) is 0 Å². The zero-order valence-electron chi connectivity index (χ0n) is 12.7. The number of nitro benzene ring substituents is 2. The largest absolute Gasteiger partial charge is 0.483 e. The fourth-order valence-corrected chi connectivity index (χ4v) is 1.73. The fourth-order valence-electron chi connectivity index (χ4n) is 1.73. The maximum atomic E-state index is 11.6. The van der Waals surface area contributed by atoms with Gasteiger partial charge in [0, 0.05) is 18.2 Å². The summed E-state index contributed by atoms with van der Waals surface area (Å²) in [5, 5.41) is 24.9. The van der Waals surface area contributed by atoms with Crippen LogP contribution in [0.4, 0.5) is 11.4 Å². The number of hydrogen-bond donors (Lipinski definition) is 1. The molecule has 0 atom stereocenters. The van der Waals surface area contributed by atoms with Crippen molar-refractivity contribution in [2.45, 2.75) is 0 Å². The van der Waals surface area contributed by atoms with Crippen molar-refractivity contribution < 1.29 is 19.4 Å². The predicted molar refractivity (Wildman–Crippen MR) is 87.4 cm³/mol. The smallest absolute Gasteiger partial charge is 0.277 e. The zero-order chi connectivity index (χ0) is 18.2. The van der Waals surface area contributed by atoms with Crippen LogP contribution in [0.25, 0.3) is 0 Å². The Balaban J connectivity index is 1.83. The van der Waals surface area contributed by atoms with Crippen LogP contribution in [0.5, 0.6) is 5.75 Å². The normalized spacial score (nSPS) is 10.4. The molecule has 0 saturated heterocycles. The van der Waals surface area contributed by atoms with E-state index in [2.05, 4.69) is 10.5 Å². The third-order valence-electron chi connectivity index (χ3n) is 2.91. The molecule has 0 aliphatic carbocycles. The number of hydrazone groups is 1. The van der Waals surface area contributed by atoms with E-state index in [1.165, 1.54) is 54.7 Å². The second-order valence-electron chi connectivity index (χ2n) is 4.68. The number of nitrogens with one attached hydrogen (secondary N) is 1. The average Bonchev–Trinajstić information content (AvgIpc) is 2.60. The van der Waals surface area contributed by atoms with Crippen molar-refractivity contribution in [1.82, 2.24) is 5.43 Å². The number of benzene rings is 2. The number of carbonyl (C=O) groups excluding carboxylic acids is 1. The number of nitro groups is 2. The molecule has 25 heavy (non-hydrogen) atoms. The molecule has 0 bridgehead atoms. The third kappa shape index (κ3) is 5.39. The number of rotatable bonds is 7. The van der Waals surface area contributed by atoms with Crippen LogP contribution in [-0.2, 0) is 4.79 Å². The third-order valence-corrected chi connectivity index (χ3v) is 2.91. The lowest BCUT2D eigenvalue weighted by atomic mass is 10.2. The van der Waals surface area contributed by atoms with Crippen molar-refractivity contribution in [3.8, 4) is 5.75 Å². The van der Waals surface area contributed by atoms with Crippen molar-refractivity contribution in [2.75, 3.05) is 6.61 Å². The topological polar surface area (TPSA) is 137 Å². The Morgan fingerprint density at radius 1 is 1.08 bits per heavy atom. The maximum absolute atomic E-state index is 11.6. The van der Waals surface area contributed by atoms with Crippen LogP contribution in [0.1, 0.15) is 5.56 Å². The van der Waals surface area contributed by atoms with Gasteiger partial charge in [0.1, 0.15) is 5.75 Å². The minimum absolute atomic E-state index is 0.0495. The van der Waals surface area contributed by atoms with E-state index in [0.717, 1.165) is 0 Å². The van der Waals surface area contributed by atoms with Crippen LogP contribution in [-0.4, -0.2) is 28.6 Å². The van der Waals surface area contributed by atoms with E-state index < -0.39 is 15.8 Å². The first-order chi connectivity index (χ1) is 12.0. The Bertz CT molecular complexity index is 819. The quantitative estimate of drug-likeness (QED) is 0.463. The molecule has 1 amide bonds. The first-order valence-corrected chi connectivity index (χ1v) is 6.89.